The second-order valence-corrected chi connectivity index (χ2v) is 4.30. The molecule has 1 heterocycles. The number of carboxylic acid groups (broad SMARTS) is 1. The van der Waals surface area contributed by atoms with E-state index in [0.29, 0.717) is 13.2 Å². The summed E-state index contributed by atoms with van der Waals surface area (Å²) in [6.45, 7) is 6.49. The van der Waals surface area contributed by atoms with Crippen molar-refractivity contribution in [2.75, 3.05) is 33.3 Å². The van der Waals surface area contributed by atoms with Gasteiger partial charge in [-0.25, -0.2) is 0 Å². The molecule has 0 amide bonds. The van der Waals surface area contributed by atoms with Crippen molar-refractivity contribution in [3.05, 3.63) is 0 Å². The number of likely N-dealkylation sites (N-methyl/N-ethyl adjacent to an activating group) is 1. The molecule has 0 bridgehead atoms. The number of nitrogens with one attached hydrogen (secondary N) is 1. The Bertz CT molecular complexity index is 235. The summed E-state index contributed by atoms with van der Waals surface area (Å²) in [6.07, 6.45) is 0.189. The summed E-state index contributed by atoms with van der Waals surface area (Å²) in [6, 6.07) is 0. The minimum absolute atomic E-state index is 0.189. The monoisotopic (exact) mass is 216 g/mol. The quantitative estimate of drug-likeness (QED) is 0.679. The van der Waals surface area contributed by atoms with Crippen LogP contribution in [0, 0.1) is 0 Å². The van der Waals surface area contributed by atoms with Crippen molar-refractivity contribution in [3.8, 4) is 0 Å². The number of hydrogen-bond acceptors (Lipinski definition) is 4. The van der Waals surface area contributed by atoms with Crippen molar-refractivity contribution in [2.24, 2.45) is 0 Å². The molecule has 0 radical (unpaired) electrons. The molecule has 1 rings (SSSR count). The van der Waals surface area contributed by atoms with E-state index in [2.05, 4.69) is 10.2 Å². The highest BCUT2D eigenvalue weighted by molar-refractivity contribution is 5.78. The number of rotatable bonds is 4. The minimum atomic E-state index is -0.878. The van der Waals surface area contributed by atoms with Crippen LogP contribution in [0.2, 0.25) is 0 Å². The van der Waals surface area contributed by atoms with Crippen molar-refractivity contribution in [1.29, 1.82) is 0 Å². The Morgan fingerprint density at radius 2 is 2.40 bits per heavy atom. The zero-order valence-corrected chi connectivity index (χ0v) is 9.62. The van der Waals surface area contributed by atoms with E-state index in [-0.39, 0.29) is 6.10 Å². The van der Waals surface area contributed by atoms with E-state index >= 15 is 0 Å². The fourth-order valence-electron chi connectivity index (χ4n) is 1.74. The molecule has 0 aliphatic carbocycles. The highest BCUT2D eigenvalue weighted by Gasteiger charge is 2.34. The Balaban J connectivity index is 2.54. The van der Waals surface area contributed by atoms with Crippen molar-refractivity contribution in [1.82, 2.24) is 10.2 Å². The molecule has 1 aliphatic rings. The van der Waals surface area contributed by atoms with Gasteiger partial charge in [0.15, 0.2) is 0 Å². The Hall–Kier alpha value is -0.650. The van der Waals surface area contributed by atoms with Crippen LogP contribution in [0.1, 0.15) is 13.8 Å². The number of aliphatic carboxylic acids is 1. The Morgan fingerprint density at radius 3 is 2.87 bits per heavy atom. The summed E-state index contributed by atoms with van der Waals surface area (Å²) < 4.78 is 5.41. The standard InChI is InChI=1S/C10H20N2O3/c1-8-6-12(4-5-15-8)7-10(2,11-3)9(13)14/h8,11H,4-7H2,1-3H3,(H,13,14). The average molecular weight is 216 g/mol. The molecule has 0 aromatic carbocycles. The molecule has 2 unspecified atom stereocenters. The fourth-order valence-corrected chi connectivity index (χ4v) is 1.74. The maximum absolute atomic E-state index is 11.1. The molecule has 1 aliphatic heterocycles. The van der Waals surface area contributed by atoms with Gasteiger partial charge in [-0.1, -0.05) is 0 Å². The lowest BCUT2D eigenvalue weighted by molar-refractivity contribution is -0.145. The first-order valence-electron chi connectivity index (χ1n) is 5.24. The molecule has 88 valence electrons. The molecule has 5 heteroatoms. The van der Waals surface area contributed by atoms with Crippen LogP contribution in [-0.2, 0) is 9.53 Å². The minimum Gasteiger partial charge on any atom is -0.480 e. The molecule has 0 aromatic heterocycles. The third-order valence-electron chi connectivity index (χ3n) is 2.89. The summed E-state index contributed by atoms with van der Waals surface area (Å²) in [5.74, 6) is -0.816. The maximum atomic E-state index is 11.1. The first kappa shape index (κ1) is 12.4. The van der Waals surface area contributed by atoms with Crippen LogP contribution >= 0.6 is 0 Å². The summed E-state index contributed by atoms with van der Waals surface area (Å²) >= 11 is 0. The average Bonchev–Trinajstić information content (AvgIpc) is 2.17. The molecular formula is C10H20N2O3. The van der Waals surface area contributed by atoms with Gasteiger partial charge in [-0.3, -0.25) is 9.69 Å². The maximum Gasteiger partial charge on any atom is 0.324 e. The summed E-state index contributed by atoms with van der Waals surface area (Å²) in [7, 11) is 1.68. The highest BCUT2D eigenvalue weighted by Crippen LogP contribution is 2.11. The predicted molar refractivity (Wildman–Crippen MR) is 57.0 cm³/mol. The van der Waals surface area contributed by atoms with Gasteiger partial charge in [-0.05, 0) is 20.9 Å². The number of carbonyl (C=O) groups is 1. The second-order valence-electron chi connectivity index (χ2n) is 4.30. The van der Waals surface area contributed by atoms with Crippen LogP contribution in [0.25, 0.3) is 0 Å². The topological polar surface area (TPSA) is 61.8 Å². The summed E-state index contributed by atoms with van der Waals surface area (Å²) in [5, 5.41) is 12.0. The fraction of sp³-hybridized carbons (Fsp3) is 0.900. The molecule has 0 saturated carbocycles. The first-order chi connectivity index (χ1) is 6.98. The van der Waals surface area contributed by atoms with Crippen molar-refractivity contribution in [2.45, 2.75) is 25.5 Å². The number of hydrogen-bond donors (Lipinski definition) is 2. The Morgan fingerprint density at radius 1 is 1.73 bits per heavy atom. The van der Waals surface area contributed by atoms with Gasteiger partial charge >= 0.3 is 5.97 Å². The molecule has 1 fully saturated rings. The van der Waals surface area contributed by atoms with E-state index in [9.17, 15) is 4.79 Å². The van der Waals surface area contributed by atoms with Crippen LogP contribution in [0.5, 0.6) is 0 Å². The lowest BCUT2D eigenvalue weighted by atomic mass is 10.0. The van der Waals surface area contributed by atoms with E-state index in [1.54, 1.807) is 14.0 Å². The van der Waals surface area contributed by atoms with E-state index < -0.39 is 11.5 Å². The third kappa shape index (κ3) is 3.15. The van der Waals surface area contributed by atoms with Crippen LogP contribution in [0.4, 0.5) is 0 Å². The Labute approximate surface area is 90.4 Å². The van der Waals surface area contributed by atoms with Crippen LogP contribution in [-0.4, -0.2) is 60.9 Å². The van der Waals surface area contributed by atoms with Gasteiger partial charge in [-0.2, -0.15) is 0 Å². The SMILES string of the molecule is CNC(C)(CN1CCOC(C)C1)C(=O)O. The molecule has 5 nitrogen and oxygen atoms in total. The van der Waals surface area contributed by atoms with Gasteiger partial charge in [0, 0.05) is 19.6 Å². The van der Waals surface area contributed by atoms with E-state index in [1.807, 2.05) is 6.92 Å². The number of morpholine rings is 1. The van der Waals surface area contributed by atoms with Gasteiger partial charge in [0.2, 0.25) is 0 Å². The lowest BCUT2D eigenvalue weighted by Gasteiger charge is -2.36. The first-order valence-corrected chi connectivity index (χ1v) is 5.24. The number of nitrogens with zero attached hydrogens (tertiary/aromatic N) is 1. The molecule has 2 atom stereocenters. The zero-order valence-electron chi connectivity index (χ0n) is 9.62. The van der Waals surface area contributed by atoms with Crippen molar-refractivity contribution < 1.29 is 14.6 Å². The summed E-state index contributed by atoms with van der Waals surface area (Å²) in [4.78, 5) is 13.2. The third-order valence-corrected chi connectivity index (χ3v) is 2.89. The van der Waals surface area contributed by atoms with Crippen molar-refractivity contribution >= 4 is 5.97 Å². The van der Waals surface area contributed by atoms with E-state index in [0.717, 1.165) is 13.1 Å². The molecule has 0 aromatic rings. The van der Waals surface area contributed by atoms with Gasteiger partial charge in [0.1, 0.15) is 5.54 Å². The van der Waals surface area contributed by atoms with Crippen molar-refractivity contribution in [3.63, 3.8) is 0 Å². The number of carboxylic acids is 1. The van der Waals surface area contributed by atoms with Gasteiger partial charge in [-0.15, -0.1) is 0 Å². The second kappa shape index (κ2) is 4.92. The number of ether oxygens (including phenoxy) is 1. The molecular weight excluding hydrogens is 196 g/mol. The van der Waals surface area contributed by atoms with Gasteiger partial charge in [0.05, 0.1) is 12.7 Å². The van der Waals surface area contributed by atoms with Gasteiger partial charge in [0.25, 0.3) is 0 Å². The normalized spacial score (nSPS) is 27.3. The predicted octanol–water partition coefficient (Wildman–Crippen LogP) is -0.230. The Kier molecular flexibility index (Phi) is 4.07. The smallest absolute Gasteiger partial charge is 0.324 e. The van der Waals surface area contributed by atoms with Crippen LogP contribution in [0.3, 0.4) is 0 Å². The molecule has 2 N–H and O–H groups in total. The molecule has 1 saturated heterocycles. The van der Waals surface area contributed by atoms with E-state index in [4.69, 9.17) is 9.84 Å². The van der Waals surface area contributed by atoms with E-state index in [1.165, 1.54) is 0 Å². The lowest BCUT2D eigenvalue weighted by Crippen LogP contribution is -2.58. The molecule has 15 heavy (non-hydrogen) atoms. The van der Waals surface area contributed by atoms with Crippen LogP contribution in [0.15, 0.2) is 0 Å². The highest BCUT2D eigenvalue weighted by atomic mass is 16.5. The molecule has 0 spiro atoms. The largest absolute Gasteiger partial charge is 0.480 e. The summed E-state index contributed by atoms with van der Waals surface area (Å²) in [5.41, 5.74) is -0.878. The van der Waals surface area contributed by atoms with Crippen LogP contribution < -0.4 is 5.32 Å². The van der Waals surface area contributed by atoms with Gasteiger partial charge < -0.3 is 15.2 Å². The zero-order chi connectivity index (χ0) is 11.5.